The van der Waals surface area contributed by atoms with E-state index < -0.39 is 10.8 Å². The monoisotopic (exact) mass is 365 g/mol. The van der Waals surface area contributed by atoms with Crippen LogP contribution < -0.4 is 0 Å². The van der Waals surface area contributed by atoms with E-state index in [1.165, 1.54) is 0 Å². The Morgan fingerprint density at radius 3 is 2.46 bits per heavy atom. The van der Waals surface area contributed by atoms with Crippen LogP contribution in [-0.4, -0.2) is 25.7 Å². The minimum Gasteiger partial charge on any atom is -0.396 e. The van der Waals surface area contributed by atoms with E-state index in [2.05, 4.69) is 11.2 Å². The number of para-hydroxylation sites is 1. The van der Waals surface area contributed by atoms with Crippen LogP contribution in [0.25, 0.3) is 5.69 Å². The molecule has 3 rings (SSSR count). The lowest BCUT2D eigenvalue weighted by atomic mass is 10.2. The quantitative estimate of drug-likeness (QED) is 0.728. The summed E-state index contributed by atoms with van der Waals surface area (Å²) in [5, 5.41) is 23.0. The summed E-state index contributed by atoms with van der Waals surface area (Å²) >= 11 is 0. The first-order chi connectivity index (χ1) is 12.6. The number of aliphatic hydroxyl groups excluding tert-OH is 1. The fourth-order valence-electron chi connectivity index (χ4n) is 2.78. The molecule has 6 heteroatoms. The summed E-state index contributed by atoms with van der Waals surface area (Å²) in [5.41, 5.74) is 3.58. The molecule has 0 aliphatic rings. The number of rotatable bonds is 6. The van der Waals surface area contributed by atoms with E-state index >= 15 is 0 Å². The molecule has 3 aromatic rings. The summed E-state index contributed by atoms with van der Waals surface area (Å²) in [7, 11) is -1.30. The molecular formula is C20H19N3O2S. The molecule has 1 N–H and O–H groups in total. The van der Waals surface area contributed by atoms with Crippen LogP contribution in [0.5, 0.6) is 0 Å². The zero-order valence-electron chi connectivity index (χ0n) is 14.4. The first kappa shape index (κ1) is 18.1. The zero-order valence-corrected chi connectivity index (χ0v) is 15.2. The molecule has 0 saturated heterocycles. The van der Waals surface area contributed by atoms with E-state index in [1.54, 1.807) is 11.6 Å². The minimum absolute atomic E-state index is 0.0868. The normalized spacial score (nSPS) is 11.9. The maximum atomic E-state index is 12.9. The van der Waals surface area contributed by atoms with Gasteiger partial charge in [0.25, 0.3) is 0 Å². The van der Waals surface area contributed by atoms with E-state index in [0.29, 0.717) is 28.3 Å². The van der Waals surface area contributed by atoms with Crippen LogP contribution in [0.4, 0.5) is 0 Å². The molecule has 0 aliphatic heterocycles. The second-order valence-corrected chi connectivity index (χ2v) is 7.32. The highest BCUT2D eigenvalue weighted by Crippen LogP contribution is 2.22. The van der Waals surface area contributed by atoms with Gasteiger partial charge >= 0.3 is 0 Å². The van der Waals surface area contributed by atoms with Gasteiger partial charge in [0.2, 0.25) is 0 Å². The van der Waals surface area contributed by atoms with E-state index in [-0.39, 0.29) is 12.4 Å². The van der Waals surface area contributed by atoms with Crippen molar-refractivity contribution in [3.8, 4) is 11.8 Å². The summed E-state index contributed by atoms with van der Waals surface area (Å²) in [4.78, 5) is 0.689. The van der Waals surface area contributed by atoms with Gasteiger partial charge in [0.1, 0.15) is 6.07 Å². The third kappa shape index (κ3) is 3.74. The van der Waals surface area contributed by atoms with Crippen molar-refractivity contribution in [2.45, 2.75) is 24.0 Å². The number of aromatic nitrogens is 2. The van der Waals surface area contributed by atoms with Gasteiger partial charge in [-0.2, -0.15) is 10.4 Å². The van der Waals surface area contributed by atoms with Gasteiger partial charge in [-0.05, 0) is 43.2 Å². The van der Waals surface area contributed by atoms with Crippen molar-refractivity contribution in [3.05, 3.63) is 77.1 Å². The van der Waals surface area contributed by atoms with Gasteiger partial charge < -0.3 is 5.11 Å². The average molecular weight is 365 g/mol. The van der Waals surface area contributed by atoms with Crippen LogP contribution in [0.3, 0.4) is 0 Å². The van der Waals surface area contributed by atoms with E-state index in [1.807, 2.05) is 54.6 Å². The smallest absolute Gasteiger partial charge is 0.103 e. The van der Waals surface area contributed by atoms with Gasteiger partial charge in [-0.1, -0.05) is 30.3 Å². The Hall–Kier alpha value is -2.75. The summed E-state index contributed by atoms with van der Waals surface area (Å²) in [6, 6.07) is 19.1. The summed E-state index contributed by atoms with van der Waals surface area (Å²) in [6.45, 7) is 1.87. The van der Waals surface area contributed by atoms with Gasteiger partial charge in [-0.25, -0.2) is 4.68 Å². The van der Waals surface area contributed by atoms with Crippen LogP contribution >= 0.6 is 0 Å². The first-order valence-electron chi connectivity index (χ1n) is 8.26. The molecule has 0 radical (unpaired) electrons. The number of nitrogens with zero attached hydrogens (tertiary/aromatic N) is 3. The SMILES string of the molecule is Cc1nn(-c2ccccc2)c(CS(=O)c2ccc(CCO)cc2)c1C#N. The summed E-state index contributed by atoms with van der Waals surface area (Å²) in [5.74, 6) is 0.206. The predicted octanol–water partition coefficient (Wildman–Crippen LogP) is 2.90. The highest BCUT2D eigenvalue weighted by molar-refractivity contribution is 7.84. The number of aryl methyl sites for hydroxylation is 1. The van der Waals surface area contributed by atoms with Gasteiger partial charge in [0, 0.05) is 11.5 Å². The lowest BCUT2D eigenvalue weighted by molar-refractivity contribution is 0.299. The Balaban J connectivity index is 1.94. The Labute approximate surface area is 155 Å². The molecule has 1 heterocycles. The molecule has 0 spiro atoms. The molecule has 0 saturated carbocycles. The maximum Gasteiger partial charge on any atom is 0.103 e. The molecule has 1 atom stereocenters. The van der Waals surface area contributed by atoms with E-state index in [9.17, 15) is 9.47 Å². The van der Waals surface area contributed by atoms with Crippen molar-refractivity contribution >= 4 is 10.8 Å². The molecule has 26 heavy (non-hydrogen) atoms. The van der Waals surface area contributed by atoms with Crippen molar-refractivity contribution in [2.75, 3.05) is 6.61 Å². The third-order valence-corrected chi connectivity index (χ3v) is 5.46. The van der Waals surface area contributed by atoms with Gasteiger partial charge in [-0.3, -0.25) is 4.21 Å². The lowest BCUT2D eigenvalue weighted by Crippen LogP contribution is -2.07. The predicted molar refractivity (Wildman–Crippen MR) is 100 cm³/mol. The Morgan fingerprint density at radius 2 is 1.85 bits per heavy atom. The lowest BCUT2D eigenvalue weighted by Gasteiger charge is -2.08. The largest absolute Gasteiger partial charge is 0.396 e. The molecule has 5 nitrogen and oxygen atoms in total. The first-order valence-corrected chi connectivity index (χ1v) is 9.58. The summed E-state index contributed by atoms with van der Waals surface area (Å²) < 4.78 is 14.6. The second-order valence-electron chi connectivity index (χ2n) is 5.87. The molecule has 0 amide bonds. The average Bonchev–Trinajstić information content (AvgIpc) is 2.98. The Kier molecular flexibility index (Phi) is 5.61. The third-order valence-electron chi connectivity index (χ3n) is 4.12. The van der Waals surface area contributed by atoms with Crippen molar-refractivity contribution in [1.82, 2.24) is 9.78 Å². The molecule has 1 unspecified atom stereocenters. The molecule has 0 aliphatic carbocycles. The number of hydrogen-bond donors (Lipinski definition) is 1. The van der Waals surface area contributed by atoms with Crippen molar-refractivity contribution in [1.29, 1.82) is 5.26 Å². The molecule has 132 valence electrons. The number of nitriles is 1. The van der Waals surface area contributed by atoms with Crippen molar-refractivity contribution in [2.24, 2.45) is 0 Å². The highest BCUT2D eigenvalue weighted by Gasteiger charge is 2.19. The standard InChI is InChI=1S/C20H19N3O2S/c1-15-19(13-21)20(23(22-15)17-5-3-2-4-6-17)14-26(25)18-9-7-16(8-10-18)11-12-24/h2-10,24H,11-12,14H2,1H3. The van der Waals surface area contributed by atoms with Crippen LogP contribution in [-0.2, 0) is 23.0 Å². The fourth-order valence-corrected chi connectivity index (χ4v) is 3.90. The summed E-state index contributed by atoms with van der Waals surface area (Å²) in [6.07, 6.45) is 0.575. The van der Waals surface area contributed by atoms with Crippen molar-refractivity contribution < 1.29 is 9.32 Å². The van der Waals surface area contributed by atoms with Gasteiger partial charge in [0.15, 0.2) is 0 Å². The van der Waals surface area contributed by atoms with Crippen LogP contribution in [0.15, 0.2) is 59.5 Å². The second kappa shape index (κ2) is 8.09. The van der Waals surface area contributed by atoms with Crippen LogP contribution in [0, 0.1) is 18.3 Å². The number of aliphatic hydroxyl groups is 1. The Morgan fingerprint density at radius 1 is 1.15 bits per heavy atom. The molecule has 0 bridgehead atoms. The maximum absolute atomic E-state index is 12.9. The number of hydrogen-bond acceptors (Lipinski definition) is 4. The zero-order chi connectivity index (χ0) is 18.5. The van der Waals surface area contributed by atoms with Gasteiger partial charge in [0.05, 0.1) is 39.2 Å². The van der Waals surface area contributed by atoms with Crippen molar-refractivity contribution in [3.63, 3.8) is 0 Å². The topological polar surface area (TPSA) is 78.9 Å². The molecular weight excluding hydrogens is 346 g/mol. The minimum atomic E-state index is -1.30. The fraction of sp³-hybridized carbons (Fsp3) is 0.200. The molecule has 2 aromatic carbocycles. The van der Waals surface area contributed by atoms with Gasteiger partial charge in [-0.15, -0.1) is 0 Å². The Bertz CT molecular complexity index is 957. The molecule has 0 fully saturated rings. The highest BCUT2D eigenvalue weighted by atomic mass is 32.2. The van der Waals surface area contributed by atoms with E-state index in [0.717, 1.165) is 11.3 Å². The number of benzene rings is 2. The van der Waals surface area contributed by atoms with E-state index in [4.69, 9.17) is 5.11 Å². The van der Waals surface area contributed by atoms with Crippen LogP contribution in [0.1, 0.15) is 22.5 Å². The van der Waals surface area contributed by atoms with Crippen LogP contribution in [0.2, 0.25) is 0 Å². The molecule has 1 aromatic heterocycles.